The molecule has 0 saturated heterocycles. The van der Waals surface area contributed by atoms with Crippen LogP contribution in [0.3, 0.4) is 0 Å². The maximum Gasteiger partial charge on any atom is 0.143 e. The largest absolute Gasteiger partial charge is 0.455 e. The first-order chi connectivity index (χ1) is 30.8. The van der Waals surface area contributed by atoms with Gasteiger partial charge in [0, 0.05) is 43.8 Å². The van der Waals surface area contributed by atoms with Gasteiger partial charge in [-0.1, -0.05) is 231 Å². The zero-order chi connectivity index (χ0) is 41.0. The van der Waals surface area contributed by atoms with E-state index in [9.17, 15) is 0 Å². The van der Waals surface area contributed by atoms with Crippen LogP contribution in [0.5, 0.6) is 0 Å². The molecule has 62 heavy (non-hydrogen) atoms. The zero-order valence-corrected chi connectivity index (χ0v) is 33.8. The van der Waals surface area contributed by atoms with Gasteiger partial charge in [0.2, 0.25) is 0 Å². The number of furan rings is 2. The molecule has 0 aliphatic carbocycles. The Morgan fingerprint density at radius 1 is 0.161 bits per heavy atom. The van der Waals surface area contributed by atoms with Gasteiger partial charge in [0.25, 0.3) is 0 Å². The summed E-state index contributed by atoms with van der Waals surface area (Å²) in [4.78, 5) is 0. The summed E-state index contributed by atoms with van der Waals surface area (Å²) in [5.41, 5.74) is 19.3. The fourth-order valence-corrected chi connectivity index (χ4v) is 9.37. The highest BCUT2D eigenvalue weighted by Crippen LogP contribution is 2.46. The first-order valence-electron chi connectivity index (χ1n) is 21.2. The lowest BCUT2D eigenvalue weighted by molar-refractivity contribution is 0.670. The summed E-state index contributed by atoms with van der Waals surface area (Å²) in [6.45, 7) is 0. The predicted molar refractivity (Wildman–Crippen MR) is 259 cm³/mol. The molecule has 2 heteroatoms. The van der Waals surface area contributed by atoms with Crippen molar-refractivity contribution in [3.8, 4) is 77.9 Å². The minimum atomic E-state index is 0.879. The van der Waals surface area contributed by atoms with Crippen LogP contribution < -0.4 is 0 Å². The van der Waals surface area contributed by atoms with Crippen LogP contribution in [0.15, 0.2) is 239 Å². The minimum absolute atomic E-state index is 0.879. The van der Waals surface area contributed by atoms with Crippen molar-refractivity contribution in [3.05, 3.63) is 231 Å². The standard InChI is InChI=1S/C60H38O2/c1-3-15-39(16-4-1)41-31-35-43(36-32-41)45-23-11-27-53-55-29-13-25-51(59(55)61-57(45)53)49-21-9-7-19-47(49)48-20-8-10-22-50(48)52-26-14-30-56-54-28-12-24-46(58(54)62-60(52)56)44-37-33-42(34-38-44)40-17-5-2-6-18-40/h1-38H. The number of para-hydroxylation sites is 4. The first-order valence-corrected chi connectivity index (χ1v) is 21.2. The third-order valence-electron chi connectivity index (χ3n) is 12.4. The molecule has 0 saturated carbocycles. The molecule has 0 unspecified atom stereocenters. The summed E-state index contributed by atoms with van der Waals surface area (Å²) in [7, 11) is 0. The Kier molecular flexibility index (Phi) is 8.53. The lowest BCUT2D eigenvalue weighted by atomic mass is 9.88. The Hall–Kier alpha value is -8.20. The van der Waals surface area contributed by atoms with E-state index >= 15 is 0 Å². The van der Waals surface area contributed by atoms with E-state index in [1.165, 1.54) is 22.3 Å². The zero-order valence-electron chi connectivity index (χ0n) is 33.8. The molecular formula is C60H38O2. The number of fused-ring (bicyclic) bond motifs is 6. The fraction of sp³-hybridized carbons (Fsp3) is 0. The van der Waals surface area contributed by atoms with Gasteiger partial charge in [-0.2, -0.15) is 0 Å². The number of hydrogen-bond donors (Lipinski definition) is 0. The average Bonchev–Trinajstić information content (AvgIpc) is 3.94. The molecule has 12 aromatic rings. The van der Waals surface area contributed by atoms with Gasteiger partial charge in [0.1, 0.15) is 22.3 Å². The minimum Gasteiger partial charge on any atom is -0.455 e. The molecule has 0 aliphatic heterocycles. The van der Waals surface area contributed by atoms with Crippen molar-refractivity contribution in [2.45, 2.75) is 0 Å². The van der Waals surface area contributed by atoms with Crippen molar-refractivity contribution < 1.29 is 8.83 Å². The molecule has 0 atom stereocenters. The van der Waals surface area contributed by atoms with Gasteiger partial charge in [0.05, 0.1) is 0 Å². The third kappa shape index (κ3) is 5.96. The normalized spacial score (nSPS) is 11.5. The molecular weight excluding hydrogens is 753 g/mol. The van der Waals surface area contributed by atoms with E-state index in [1.807, 2.05) is 0 Å². The van der Waals surface area contributed by atoms with Gasteiger partial charge in [-0.05, 0) is 55.6 Å². The molecule has 290 valence electrons. The predicted octanol–water partition coefficient (Wildman–Crippen LogP) is 17.2. The molecule has 2 nitrogen and oxygen atoms in total. The fourth-order valence-electron chi connectivity index (χ4n) is 9.37. The van der Waals surface area contributed by atoms with Crippen molar-refractivity contribution in [2.24, 2.45) is 0 Å². The average molecular weight is 791 g/mol. The topological polar surface area (TPSA) is 26.3 Å². The Bertz CT molecular complexity index is 3350. The SMILES string of the molecule is c1ccc(-c2ccc(-c3cccc4c3oc3c(-c5ccccc5-c5ccccc5-c5cccc6c5oc5c(-c7ccc(-c8ccccc8)cc7)cccc56)cccc34)cc2)cc1. The van der Waals surface area contributed by atoms with Crippen molar-refractivity contribution in [1.29, 1.82) is 0 Å². The summed E-state index contributed by atoms with van der Waals surface area (Å²) in [6, 6.07) is 82.0. The second kappa shape index (κ2) is 14.8. The van der Waals surface area contributed by atoms with E-state index in [1.54, 1.807) is 0 Å². The van der Waals surface area contributed by atoms with Crippen molar-refractivity contribution >= 4 is 43.9 Å². The molecule has 2 aromatic heterocycles. The lowest BCUT2D eigenvalue weighted by Crippen LogP contribution is -1.89. The van der Waals surface area contributed by atoms with E-state index in [0.717, 1.165) is 99.5 Å². The molecule has 0 radical (unpaired) electrons. The summed E-state index contributed by atoms with van der Waals surface area (Å²) in [6.07, 6.45) is 0. The molecule has 0 bridgehead atoms. The summed E-state index contributed by atoms with van der Waals surface area (Å²) in [5.74, 6) is 0. The quantitative estimate of drug-likeness (QED) is 0.161. The summed E-state index contributed by atoms with van der Waals surface area (Å²) < 4.78 is 14.0. The highest BCUT2D eigenvalue weighted by molar-refractivity contribution is 6.16. The maximum absolute atomic E-state index is 7.00. The van der Waals surface area contributed by atoms with Crippen LogP contribution in [0.25, 0.3) is 122 Å². The van der Waals surface area contributed by atoms with Crippen LogP contribution in [0.2, 0.25) is 0 Å². The molecule has 12 rings (SSSR count). The lowest BCUT2D eigenvalue weighted by Gasteiger charge is -2.15. The second-order valence-electron chi connectivity index (χ2n) is 15.9. The van der Waals surface area contributed by atoms with Gasteiger partial charge >= 0.3 is 0 Å². The van der Waals surface area contributed by atoms with Crippen LogP contribution in [-0.4, -0.2) is 0 Å². The maximum atomic E-state index is 7.00. The van der Waals surface area contributed by atoms with Gasteiger partial charge in [-0.15, -0.1) is 0 Å². The first kappa shape index (κ1) is 35.7. The molecule has 0 fully saturated rings. The molecule has 2 heterocycles. The van der Waals surface area contributed by atoms with Gasteiger partial charge in [-0.25, -0.2) is 0 Å². The molecule has 0 amide bonds. The number of benzene rings is 10. The van der Waals surface area contributed by atoms with Crippen LogP contribution in [0.4, 0.5) is 0 Å². The monoisotopic (exact) mass is 790 g/mol. The van der Waals surface area contributed by atoms with E-state index < -0.39 is 0 Å². The Labute approximate surface area is 359 Å². The van der Waals surface area contributed by atoms with E-state index in [-0.39, 0.29) is 0 Å². The highest BCUT2D eigenvalue weighted by atomic mass is 16.3. The van der Waals surface area contributed by atoms with E-state index in [0.29, 0.717) is 0 Å². The highest BCUT2D eigenvalue weighted by Gasteiger charge is 2.21. The molecule has 0 spiro atoms. The molecule has 0 aliphatic rings. The molecule has 0 N–H and O–H groups in total. The van der Waals surface area contributed by atoms with Crippen LogP contribution >= 0.6 is 0 Å². The van der Waals surface area contributed by atoms with Crippen molar-refractivity contribution in [1.82, 2.24) is 0 Å². The number of rotatable bonds is 7. The Morgan fingerprint density at radius 2 is 0.403 bits per heavy atom. The van der Waals surface area contributed by atoms with Crippen molar-refractivity contribution in [2.75, 3.05) is 0 Å². The van der Waals surface area contributed by atoms with Gasteiger partial charge in [-0.3, -0.25) is 0 Å². The van der Waals surface area contributed by atoms with E-state index in [2.05, 4.69) is 231 Å². The molecule has 10 aromatic carbocycles. The second-order valence-corrected chi connectivity index (χ2v) is 15.9. The number of hydrogen-bond acceptors (Lipinski definition) is 2. The third-order valence-corrected chi connectivity index (χ3v) is 12.4. The van der Waals surface area contributed by atoms with Crippen LogP contribution in [-0.2, 0) is 0 Å². The van der Waals surface area contributed by atoms with E-state index in [4.69, 9.17) is 8.83 Å². The Balaban J connectivity index is 0.967. The van der Waals surface area contributed by atoms with Gasteiger partial charge in [0.15, 0.2) is 0 Å². The van der Waals surface area contributed by atoms with Crippen molar-refractivity contribution in [3.63, 3.8) is 0 Å². The van der Waals surface area contributed by atoms with Crippen LogP contribution in [0.1, 0.15) is 0 Å². The van der Waals surface area contributed by atoms with Gasteiger partial charge < -0.3 is 8.83 Å². The van der Waals surface area contributed by atoms with Crippen LogP contribution in [0, 0.1) is 0 Å². The smallest absolute Gasteiger partial charge is 0.143 e. The Morgan fingerprint density at radius 3 is 0.758 bits per heavy atom. The summed E-state index contributed by atoms with van der Waals surface area (Å²) in [5, 5.41) is 4.40. The summed E-state index contributed by atoms with van der Waals surface area (Å²) >= 11 is 0.